The number of piperidine rings is 1. The van der Waals surface area contributed by atoms with Crippen LogP contribution in [-0.2, 0) is 26.3 Å². The van der Waals surface area contributed by atoms with Gasteiger partial charge < -0.3 is 10.5 Å². The summed E-state index contributed by atoms with van der Waals surface area (Å²) < 4.78 is 32.8. The highest BCUT2D eigenvalue weighted by molar-refractivity contribution is 7.87. The maximum Gasteiger partial charge on any atom is 0.308 e. The van der Waals surface area contributed by atoms with E-state index in [1.807, 2.05) is 0 Å². The highest BCUT2D eigenvalue weighted by Gasteiger charge is 2.31. The van der Waals surface area contributed by atoms with E-state index >= 15 is 0 Å². The number of nitrogens with two attached hydrogens (primary N) is 1. The zero-order valence-corrected chi connectivity index (χ0v) is 12.5. The van der Waals surface area contributed by atoms with E-state index in [9.17, 15) is 13.2 Å². The monoisotopic (exact) mass is 317 g/mol. The van der Waals surface area contributed by atoms with Crippen LogP contribution >= 0.6 is 0 Å². The minimum absolute atomic E-state index is 0.0710. The summed E-state index contributed by atoms with van der Waals surface area (Å²) in [5, 5.41) is 6.26. The lowest BCUT2D eigenvalue weighted by atomic mass is 9.99. The number of esters is 1. The lowest BCUT2D eigenvalue weighted by Gasteiger charge is -2.29. The van der Waals surface area contributed by atoms with E-state index in [1.165, 1.54) is 17.6 Å². The number of carbonyl (C=O) groups is 1. The molecule has 1 aromatic heterocycles. The molecule has 1 aliphatic heterocycles. The maximum atomic E-state index is 12.2. The summed E-state index contributed by atoms with van der Waals surface area (Å²) in [5.74, 6) is -0.181. The second-order valence-corrected chi connectivity index (χ2v) is 6.59. The van der Waals surface area contributed by atoms with Gasteiger partial charge in [-0.15, -0.1) is 0 Å². The van der Waals surface area contributed by atoms with Crippen molar-refractivity contribution in [3.05, 3.63) is 11.8 Å². The summed E-state index contributed by atoms with van der Waals surface area (Å²) >= 11 is 0. The Balaban J connectivity index is 1.89. The Kier molecular flexibility index (Phi) is 4.80. The zero-order chi connectivity index (χ0) is 15.5. The fourth-order valence-electron chi connectivity index (χ4n) is 2.22. The third kappa shape index (κ3) is 3.71. The Labute approximate surface area is 123 Å². The highest BCUT2D eigenvalue weighted by Crippen LogP contribution is 2.20. The van der Waals surface area contributed by atoms with Crippen LogP contribution in [-0.4, -0.2) is 49.1 Å². The van der Waals surface area contributed by atoms with E-state index in [-0.39, 0.29) is 31.5 Å². The molecule has 2 rings (SSSR count). The molecule has 0 atom stereocenters. The predicted octanol–water partition coefficient (Wildman–Crippen LogP) is -0.789. The van der Waals surface area contributed by atoms with Crippen molar-refractivity contribution in [1.82, 2.24) is 19.2 Å². The van der Waals surface area contributed by atoms with Crippen molar-refractivity contribution in [3.8, 4) is 0 Å². The zero-order valence-electron chi connectivity index (χ0n) is 11.7. The standard InChI is InChI=1S/C11H19N5O4S/c1-20-11(17)8-2-4-16(5-3-8)21(18,19)14-7-9-6-13-15-10(9)12/h6,8,14H,2-5,7H2,1H3,(H3,12,13,15). The van der Waals surface area contributed by atoms with Gasteiger partial charge in [0, 0.05) is 25.2 Å². The third-order valence-corrected chi connectivity index (χ3v) is 5.08. The molecule has 2 heterocycles. The molecule has 9 nitrogen and oxygen atoms in total. The first kappa shape index (κ1) is 15.7. The van der Waals surface area contributed by atoms with E-state index in [0.717, 1.165) is 0 Å². The van der Waals surface area contributed by atoms with Crippen LogP contribution in [0.15, 0.2) is 6.20 Å². The van der Waals surface area contributed by atoms with Crippen molar-refractivity contribution in [1.29, 1.82) is 0 Å². The topological polar surface area (TPSA) is 130 Å². The number of methoxy groups -OCH3 is 1. The van der Waals surface area contributed by atoms with Crippen molar-refractivity contribution < 1.29 is 17.9 Å². The Hall–Kier alpha value is -1.65. The number of ether oxygens (including phenoxy) is 1. The van der Waals surface area contributed by atoms with Gasteiger partial charge in [-0.25, -0.2) is 0 Å². The molecular formula is C11H19N5O4S. The number of nitrogen functional groups attached to an aromatic ring is 1. The van der Waals surface area contributed by atoms with Crippen LogP contribution in [0.2, 0.25) is 0 Å². The second kappa shape index (κ2) is 6.41. The first-order chi connectivity index (χ1) is 9.94. The molecule has 0 aliphatic carbocycles. The molecular weight excluding hydrogens is 298 g/mol. The fourth-order valence-corrected chi connectivity index (χ4v) is 3.43. The molecule has 1 saturated heterocycles. The molecule has 21 heavy (non-hydrogen) atoms. The molecule has 0 unspecified atom stereocenters. The van der Waals surface area contributed by atoms with Crippen molar-refractivity contribution in [3.63, 3.8) is 0 Å². The maximum absolute atomic E-state index is 12.2. The number of nitrogens with zero attached hydrogens (tertiary/aromatic N) is 2. The molecule has 1 aliphatic rings. The number of nitrogens with one attached hydrogen (secondary N) is 2. The summed E-state index contributed by atoms with van der Waals surface area (Å²) in [7, 11) is -2.26. The molecule has 10 heteroatoms. The van der Waals surface area contributed by atoms with Gasteiger partial charge >= 0.3 is 5.97 Å². The highest BCUT2D eigenvalue weighted by atomic mass is 32.2. The van der Waals surface area contributed by atoms with E-state index in [2.05, 4.69) is 19.7 Å². The van der Waals surface area contributed by atoms with Crippen molar-refractivity contribution in [2.24, 2.45) is 5.92 Å². The van der Waals surface area contributed by atoms with Crippen molar-refractivity contribution in [2.75, 3.05) is 25.9 Å². The van der Waals surface area contributed by atoms with Gasteiger partial charge in [-0.1, -0.05) is 0 Å². The largest absolute Gasteiger partial charge is 0.469 e. The predicted molar refractivity (Wildman–Crippen MR) is 75.1 cm³/mol. The summed E-state index contributed by atoms with van der Waals surface area (Å²) in [5.41, 5.74) is 6.18. The molecule has 0 saturated carbocycles. The smallest absolute Gasteiger partial charge is 0.308 e. The molecule has 0 bridgehead atoms. The number of anilines is 1. The molecule has 0 spiro atoms. The molecule has 1 fully saturated rings. The van der Waals surface area contributed by atoms with E-state index in [0.29, 0.717) is 24.2 Å². The van der Waals surface area contributed by atoms with Gasteiger partial charge in [-0.3, -0.25) is 9.89 Å². The van der Waals surface area contributed by atoms with Crippen LogP contribution in [0.4, 0.5) is 5.82 Å². The summed E-state index contributed by atoms with van der Waals surface area (Å²) in [6.07, 6.45) is 2.39. The van der Waals surface area contributed by atoms with Gasteiger partial charge in [0.15, 0.2) is 0 Å². The summed E-state index contributed by atoms with van der Waals surface area (Å²) in [6.45, 7) is 0.646. The van der Waals surface area contributed by atoms with Crippen LogP contribution in [0.25, 0.3) is 0 Å². The Bertz CT molecular complexity index is 592. The quantitative estimate of drug-likeness (QED) is 0.610. The van der Waals surface area contributed by atoms with E-state index in [4.69, 9.17) is 5.73 Å². The number of rotatable bonds is 5. The number of H-pyrrole nitrogens is 1. The van der Waals surface area contributed by atoms with Gasteiger partial charge in [0.05, 0.1) is 19.2 Å². The normalized spacial score (nSPS) is 17.8. The van der Waals surface area contributed by atoms with Crippen molar-refractivity contribution in [2.45, 2.75) is 19.4 Å². The SMILES string of the molecule is COC(=O)C1CCN(S(=O)(=O)NCc2cn[nH]c2N)CC1. The van der Waals surface area contributed by atoms with Gasteiger partial charge in [0.2, 0.25) is 0 Å². The molecule has 0 aromatic carbocycles. The lowest BCUT2D eigenvalue weighted by molar-refractivity contribution is -0.146. The minimum Gasteiger partial charge on any atom is -0.469 e. The summed E-state index contributed by atoms with van der Waals surface area (Å²) in [4.78, 5) is 11.4. The lowest BCUT2D eigenvalue weighted by Crippen LogP contribution is -2.45. The second-order valence-electron chi connectivity index (χ2n) is 4.83. The van der Waals surface area contributed by atoms with Gasteiger partial charge in [0.25, 0.3) is 10.2 Å². The first-order valence-corrected chi connectivity index (χ1v) is 7.98. The Morgan fingerprint density at radius 3 is 2.76 bits per heavy atom. The van der Waals surface area contributed by atoms with Gasteiger partial charge in [0.1, 0.15) is 5.82 Å². The number of aromatic amines is 1. The van der Waals surface area contributed by atoms with Gasteiger partial charge in [-0.05, 0) is 12.8 Å². The van der Waals surface area contributed by atoms with Crippen LogP contribution in [0.3, 0.4) is 0 Å². The molecule has 118 valence electrons. The average molecular weight is 317 g/mol. The van der Waals surface area contributed by atoms with Crippen molar-refractivity contribution >= 4 is 22.0 Å². The first-order valence-electron chi connectivity index (χ1n) is 6.54. The molecule has 1 aromatic rings. The molecule has 0 amide bonds. The fraction of sp³-hybridized carbons (Fsp3) is 0.636. The summed E-state index contributed by atoms with van der Waals surface area (Å²) in [6, 6.07) is 0. The van der Waals surface area contributed by atoms with Crippen LogP contribution in [0.1, 0.15) is 18.4 Å². The van der Waals surface area contributed by atoms with E-state index in [1.54, 1.807) is 0 Å². The minimum atomic E-state index is -3.60. The van der Waals surface area contributed by atoms with Crippen LogP contribution < -0.4 is 10.5 Å². The molecule has 4 N–H and O–H groups in total. The Morgan fingerprint density at radius 1 is 1.57 bits per heavy atom. The number of hydrogen-bond donors (Lipinski definition) is 3. The van der Waals surface area contributed by atoms with E-state index < -0.39 is 10.2 Å². The number of hydrogen-bond acceptors (Lipinski definition) is 6. The number of carbonyl (C=O) groups excluding carboxylic acids is 1. The average Bonchev–Trinajstić information content (AvgIpc) is 2.90. The number of aromatic nitrogens is 2. The van der Waals surface area contributed by atoms with Crippen LogP contribution in [0, 0.1) is 5.92 Å². The van der Waals surface area contributed by atoms with Gasteiger partial charge in [-0.2, -0.15) is 22.5 Å². The van der Waals surface area contributed by atoms with Crippen LogP contribution in [0.5, 0.6) is 0 Å². The Morgan fingerprint density at radius 2 is 2.24 bits per heavy atom. The third-order valence-electron chi connectivity index (χ3n) is 3.52. The molecule has 0 radical (unpaired) electrons.